The highest BCUT2D eigenvalue weighted by molar-refractivity contribution is 7.80. The largest absolute Gasteiger partial charge is 0.457 e. The van der Waals surface area contributed by atoms with Gasteiger partial charge in [0.25, 0.3) is 5.91 Å². The molecular weight excluding hydrogens is 355 g/mol. The van der Waals surface area contributed by atoms with Crippen LogP contribution in [0.3, 0.4) is 0 Å². The second-order valence-electron chi connectivity index (χ2n) is 5.04. The van der Waals surface area contributed by atoms with Crippen molar-refractivity contribution < 1.29 is 9.21 Å². The van der Waals surface area contributed by atoms with Crippen molar-refractivity contribution in [3.8, 4) is 11.3 Å². The first-order chi connectivity index (χ1) is 10.9. The van der Waals surface area contributed by atoms with Crippen molar-refractivity contribution in [3.05, 3.63) is 51.8 Å². The third-order valence-corrected chi connectivity index (χ3v) is 4.95. The molecule has 0 unspecified atom stereocenters. The van der Waals surface area contributed by atoms with E-state index in [-0.39, 0.29) is 5.91 Å². The lowest BCUT2D eigenvalue weighted by Gasteiger charge is -2.10. The number of carbonyl (C=O) groups excluding carboxylic acids is 1. The number of furan rings is 1. The number of nitrogens with zero attached hydrogens (tertiary/aromatic N) is 2. The molecule has 0 bridgehead atoms. The van der Waals surface area contributed by atoms with Gasteiger partial charge in [0.05, 0.1) is 10.0 Å². The molecule has 1 fully saturated rings. The number of thiocarbonyl (C=S) groups is 1. The molecule has 0 N–H and O–H groups in total. The van der Waals surface area contributed by atoms with Crippen LogP contribution in [0.15, 0.2) is 40.4 Å². The predicted molar refractivity (Wildman–Crippen MR) is 95.3 cm³/mol. The van der Waals surface area contributed by atoms with Gasteiger partial charge in [-0.25, -0.2) is 0 Å². The number of hydrogen-bond acceptors (Lipinski definition) is 3. The molecule has 2 heterocycles. The highest BCUT2D eigenvalue weighted by Gasteiger charge is 2.33. The highest BCUT2D eigenvalue weighted by Crippen LogP contribution is 2.34. The Morgan fingerprint density at radius 3 is 2.52 bits per heavy atom. The third-order valence-electron chi connectivity index (χ3n) is 3.58. The van der Waals surface area contributed by atoms with Crippen LogP contribution in [0.25, 0.3) is 17.4 Å². The van der Waals surface area contributed by atoms with Gasteiger partial charge in [0.15, 0.2) is 5.11 Å². The Kier molecular flexibility index (Phi) is 4.19. The summed E-state index contributed by atoms with van der Waals surface area (Å²) < 4.78 is 5.77. The van der Waals surface area contributed by atoms with Crippen LogP contribution in [-0.4, -0.2) is 34.9 Å². The Balaban J connectivity index is 1.97. The quantitative estimate of drug-likeness (QED) is 0.586. The van der Waals surface area contributed by atoms with Crippen LogP contribution in [0.2, 0.25) is 10.0 Å². The maximum absolute atomic E-state index is 12.2. The summed E-state index contributed by atoms with van der Waals surface area (Å²) in [6, 6.07) is 8.88. The molecule has 1 amide bonds. The van der Waals surface area contributed by atoms with E-state index < -0.39 is 0 Å². The van der Waals surface area contributed by atoms with Gasteiger partial charge in [-0.05, 0) is 36.5 Å². The Labute approximate surface area is 148 Å². The van der Waals surface area contributed by atoms with Crippen molar-refractivity contribution in [3.63, 3.8) is 0 Å². The normalized spacial score (nSPS) is 16.8. The standard InChI is InChI=1S/C16H12Cl2N2O2S/c1-19-12(15(21)20(2)16(19)23)8-9-6-7-13(22-9)10-4-3-5-11(17)14(10)18/h3-8H,1-2H3. The Morgan fingerprint density at radius 2 is 1.87 bits per heavy atom. The zero-order valence-electron chi connectivity index (χ0n) is 12.3. The average molecular weight is 367 g/mol. The summed E-state index contributed by atoms with van der Waals surface area (Å²) in [5.41, 5.74) is 1.15. The van der Waals surface area contributed by atoms with Crippen LogP contribution in [-0.2, 0) is 4.79 Å². The zero-order chi connectivity index (χ0) is 16.7. The van der Waals surface area contributed by atoms with E-state index in [9.17, 15) is 4.79 Å². The topological polar surface area (TPSA) is 36.7 Å². The summed E-state index contributed by atoms with van der Waals surface area (Å²) >= 11 is 17.4. The van der Waals surface area contributed by atoms with Crippen molar-refractivity contribution in [2.24, 2.45) is 0 Å². The molecule has 0 radical (unpaired) electrons. The van der Waals surface area contributed by atoms with E-state index in [0.29, 0.717) is 37.9 Å². The lowest BCUT2D eigenvalue weighted by atomic mass is 10.2. The van der Waals surface area contributed by atoms with Crippen molar-refractivity contribution in [1.29, 1.82) is 0 Å². The number of likely N-dealkylation sites (N-methyl/N-ethyl adjacent to an activating group) is 2. The minimum atomic E-state index is -0.170. The molecule has 1 aliphatic rings. The van der Waals surface area contributed by atoms with Crippen molar-refractivity contribution in [2.75, 3.05) is 14.1 Å². The Bertz CT molecular complexity index is 844. The molecule has 23 heavy (non-hydrogen) atoms. The molecule has 0 saturated carbocycles. The van der Waals surface area contributed by atoms with Gasteiger partial charge in [-0.2, -0.15) is 0 Å². The van der Waals surface area contributed by atoms with Crippen molar-refractivity contribution in [1.82, 2.24) is 9.80 Å². The first-order valence-electron chi connectivity index (χ1n) is 6.72. The van der Waals surface area contributed by atoms with E-state index >= 15 is 0 Å². The smallest absolute Gasteiger partial charge is 0.276 e. The number of amides is 1. The maximum atomic E-state index is 12.2. The molecule has 2 aromatic rings. The Morgan fingerprint density at radius 1 is 1.13 bits per heavy atom. The number of carbonyl (C=O) groups is 1. The molecule has 0 aliphatic carbocycles. The van der Waals surface area contributed by atoms with Crippen LogP contribution in [0.5, 0.6) is 0 Å². The minimum Gasteiger partial charge on any atom is -0.457 e. The summed E-state index contributed by atoms with van der Waals surface area (Å²) in [6.07, 6.45) is 1.65. The molecule has 1 aromatic heterocycles. The van der Waals surface area contributed by atoms with E-state index in [4.69, 9.17) is 39.8 Å². The Hall–Kier alpha value is -1.82. The summed E-state index contributed by atoms with van der Waals surface area (Å²) in [7, 11) is 3.38. The molecule has 4 nitrogen and oxygen atoms in total. The number of benzene rings is 1. The molecule has 0 atom stereocenters. The third kappa shape index (κ3) is 2.76. The number of hydrogen-bond donors (Lipinski definition) is 0. The van der Waals surface area contributed by atoms with Gasteiger partial charge in [-0.3, -0.25) is 9.69 Å². The van der Waals surface area contributed by atoms with Gasteiger partial charge in [0.2, 0.25) is 0 Å². The lowest BCUT2D eigenvalue weighted by molar-refractivity contribution is -0.121. The summed E-state index contributed by atoms with van der Waals surface area (Å²) in [4.78, 5) is 15.2. The lowest BCUT2D eigenvalue weighted by Crippen LogP contribution is -2.26. The summed E-state index contributed by atoms with van der Waals surface area (Å²) in [6.45, 7) is 0. The fourth-order valence-corrected chi connectivity index (χ4v) is 2.87. The maximum Gasteiger partial charge on any atom is 0.276 e. The molecule has 118 valence electrons. The zero-order valence-corrected chi connectivity index (χ0v) is 14.7. The molecular formula is C16H12Cl2N2O2S. The second-order valence-corrected chi connectivity index (χ2v) is 6.19. The first kappa shape index (κ1) is 16.1. The molecule has 1 aromatic carbocycles. The predicted octanol–water partition coefficient (Wildman–Crippen LogP) is 4.28. The molecule has 7 heteroatoms. The van der Waals surface area contributed by atoms with Crippen LogP contribution in [0, 0.1) is 0 Å². The van der Waals surface area contributed by atoms with E-state index in [1.165, 1.54) is 4.90 Å². The molecule has 3 rings (SSSR count). The van der Waals surface area contributed by atoms with E-state index in [0.717, 1.165) is 0 Å². The van der Waals surface area contributed by atoms with Crippen molar-refractivity contribution in [2.45, 2.75) is 0 Å². The van der Waals surface area contributed by atoms with Crippen molar-refractivity contribution >= 4 is 52.5 Å². The van der Waals surface area contributed by atoms with Gasteiger partial charge >= 0.3 is 0 Å². The van der Waals surface area contributed by atoms with Crippen LogP contribution in [0.1, 0.15) is 5.76 Å². The molecule has 1 aliphatic heterocycles. The fourth-order valence-electron chi connectivity index (χ4n) is 2.29. The van der Waals surface area contributed by atoms with E-state index in [1.807, 2.05) is 6.07 Å². The van der Waals surface area contributed by atoms with Gasteiger partial charge in [-0.15, -0.1) is 0 Å². The number of rotatable bonds is 2. The van der Waals surface area contributed by atoms with Crippen LogP contribution < -0.4 is 0 Å². The minimum absolute atomic E-state index is 0.170. The molecule has 1 saturated heterocycles. The van der Waals surface area contributed by atoms with E-state index in [1.54, 1.807) is 49.3 Å². The van der Waals surface area contributed by atoms with Crippen LogP contribution >= 0.6 is 35.4 Å². The number of halogens is 2. The van der Waals surface area contributed by atoms with Crippen LogP contribution in [0.4, 0.5) is 0 Å². The molecule has 0 spiro atoms. The first-order valence-corrected chi connectivity index (χ1v) is 7.88. The monoisotopic (exact) mass is 366 g/mol. The second kappa shape index (κ2) is 6.00. The SMILES string of the molecule is CN1C(=O)C(=Cc2ccc(-c3cccc(Cl)c3Cl)o2)N(C)C1=S. The van der Waals surface area contributed by atoms with Gasteiger partial charge in [0, 0.05) is 25.7 Å². The van der Waals surface area contributed by atoms with E-state index in [2.05, 4.69) is 0 Å². The van der Waals surface area contributed by atoms with Gasteiger partial charge in [-0.1, -0.05) is 29.3 Å². The highest BCUT2D eigenvalue weighted by atomic mass is 35.5. The summed E-state index contributed by atoms with van der Waals surface area (Å²) in [5.74, 6) is 0.939. The average Bonchev–Trinajstić information content (AvgIpc) is 3.06. The van der Waals surface area contributed by atoms with Gasteiger partial charge < -0.3 is 9.32 Å². The summed E-state index contributed by atoms with van der Waals surface area (Å²) in [5, 5.41) is 1.33. The van der Waals surface area contributed by atoms with Gasteiger partial charge in [0.1, 0.15) is 17.2 Å². The fraction of sp³-hybridized carbons (Fsp3) is 0.125.